The van der Waals surface area contributed by atoms with E-state index in [0.29, 0.717) is 0 Å². The summed E-state index contributed by atoms with van der Waals surface area (Å²) in [4.78, 5) is 0. The molecular weight excluding hydrogens is 350 g/mol. The molecule has 0 unspecified atom stereocenters. The Balaban J connectivity index is 1.75. The zero-order valence-electron chi connectivity index (χ0n) is 17.3. The lowest BCUT2D eigenvalue weighted by atomic mass is 9.62. The van der Waals surface area contributed by atoms with Gasteiger partial charge in [0.15, 0.2) is 0 Å². The van der Waals surface area contributed by atoms with Gasteiger partial charge in [0.2, 0.25) is 0 Å². The Morgan fingerprint density at radius 3 is 2.43 bits per heavy atom. The van der Waals surface area contributed by atoms with Gasteiger partial charge in [0.25, 0.3) is 0 Å². The zero-order valence-corrected chi connectivity index (χ0v) is 17.3. The summed E-state index contributed by atoms with van der Waals surface area (Å²) < 4.78 is 11.2. The van der Waals surface area contributed by atoms with Crippen molar-refractivity contribution in [2.24, 2.45) is 5.92 Å². The molecule has 1 fully saturated rings. The van der Waals surface area contributed by atoms with E-state index in [4.69, 9.17) is 9.47 Å². The number of rotatable bonds is 8. The van der Waals surface area contributed by atoms with Crippen LogP contribution in [0.25, 0.3) is 0 Å². The quantitative estimate of drug-likeness (QED) is 0.725. The average molecular weight is 384 g/mol. The summed E-state index contributed by atoms with van der Waals surface area (Å²) in [5.74, 6) is 0.987. The number of ether oxygens (including phenoxy) is 2. The number of nitrogens with one attached hydrogen (secondary N) is 1. The summed E-state index contributed by atoms with van der Waals surface area (Å²) in [5.41, 5.74) is 2.22. The second kappa shape index (κ2) is 9.08. The monoisotopic (exact) mass is 383 g/mol. The van der Waals surface area contributed by atoms with Crippen molar-refractivity contribution in [3.63, 3.8) is 0 Å². The topological polar surface area (TPSA) is 50.7 Å². The largest absolute Gasteiger partial charge is 0.497 e. The predicted octanol–water partition coefficient (Wildman–Crippen LogP) is 3.92. The predicted molar refractivity (Wildman–Crippen MR) is 113 cm³/mol. The van der Waals surface area contributed by atoms with E-state index in [9.17, 15) is 5.11 Å². The van der Waals surface area contributed by atoms with Gasteiger partial charge in [-0.1, -0.05) is 42.5 Å². The first-order valence-electron chi connectivity index (χ1n) is 10.1. The van der Waals surface area contributed by atoms with Crippen LogP contribution in [0.4, 0.5) is 0 Å². The summed E-state index contributed by atoms with van der Waals surface area (Å²) in [6, 6.07) is 18.8. The third-order valence-corrected chi connectivity index (χ3v) is 6.01. The van der Waals surface area contributed by atoms with Crippen molar-refractivity contribution in [3.8, 4) is 5.75 Å². The minimum Gasteiger partial charge on any atom is -0.497 e. The van der Waals surface area contributed by atoms with Gasteiger partial charge >= 0.3 is 0 Å². The van der Waals surface area contributed by atoms with Crippen LogP contribution < -0.4 is 10.1 Å². The number of benzene rings is 2. The Morgan fingerprint density at radius 2 is 1.82 bits per heavy atom. The summed E-state index contributed by atoms with van der Waals surface area (Å²) in [6.07, 6.45) is 1.83. The third kappa shape index (κ3) is 4.75. The highest BCUT2D eigenvalue weighted by atomic mass is 16.5. The van der Waals surface area contributed by atoms with Crippen molar-refractivity contribution >= 4 is 0 Å². The maximum atomic E-state index is 10.3. The van der Waals surface area contributed by atoms with Crippen LogP contribution in [-0.4, -0.2) is 37.6 Å². The highest BCUT2D eigenvalue weighted by Crippen LogP contribution is 2.46. The molecule has 1 aliphatic heterocycles. The first-order valence-corrected chi connectivity index (χ1v) is 10.1. The van der Waals surface area contributed by atoms with Crippen molar-refractivity contribution in [3.05, 3.63) is 65.7 Å². The molecule has 3 rings (SSSR count). The van der Waals surface area contributed by atoms with E-state index < -0.39 is 0 Å². The van der Waals surface area contributed by atoms with Gasteiger partial charge in [-0.25, -0.2) is 0 Å². The second-order valence-corrected chi connectivity index (χ2v) is 8.42. The molecule has 1 saturated heterocycles. The van der Waals surface area contributed by atoms with E-state index in [-0.39, 0.29) is 23.5 Å². The smallest absolute Gasteiger partial charge is 0.118 e. The van der Waals surface area contributed by atoms with Crippen molar-refractivity contribution in [2.45, 2.75) is 44.2 Å². The van der Waals surface area contributed by atoms with E-state index in [1.807, 2.05) is 12.1 Å². The Hall–Kier alpha value is -1.88. The first-order chi connectivity index (χ1) is 13.5. The van der Waals surface area contributed by atoms with Crippen LogP contribution in [-0.2, 0) is 16.7 Å². The van der Waals surface area contributed by atoms with E-state index in [1.165, 1.54) is 11.1 Å². The van der Waals surface area contributed by atoms with Crippen molar-refractivity contribution < 1.29 is 14.6 Å². The van der Waals surface area contributed by atoms with Crippen LogP contribution in [0.2, 0.25) is 0 Å². The molecule has 0 spiro atoms. The molecule has 152 valence electrons. The number of aliphatic hydroxyl groups excluding tert-OH is 1. The van der Waals surface area contributed by atoms with Crippen molar-refractivity contribution in [1.82, 2.24) is 5.32 Å². The van der Waals surface area contributed by atoms with Crippen LogP contribution in [0.1, 0.15) is 37.8 Å². The molecule has 2 aromatic carbocycles. The normalized spacial score (nSPS) is 22.6. The Kier molecular flexibility index (Phi) is 6.76. The molecular formula is C24H33NO3. The van der Waals surface area contributed by atoms with Gasteiger partial charge in [0, 0.05) is 37.6 Å². The fourth-order valence-electron chi connectivity index (χ4n) is 4.58. The Bertz CT molecular complexity index is 729. The minimum absolute atomic E-state index is 0.0926. The molecule has 0 bridgehead atoms. The summed E-state index contributed by atoms with van der Waals surface area (Å²) in [5, 5.41) is 13.9. The molecule has 2 atom stereocenters. The van der Waals surface area contributed by atoms with Gasteiger partial charge in [0.1, 0.15) is 5.75 Å². The molecule has 4 nitrogen and oxygen atoms in total. The van der Waals surface area contributed by atoms with E-state index >= 15 is 0 Å². The third-order valence-electron chi connectivity index (χ3n) is 6.01. The highest BCUT2D eigenvalue weighted by Gasteiger charge is 2.46. The molecule has 0 aromatic heterocycles. The minimum atomic E-state index is -0.197. The SMILES string of the molecule is COc1ccc(CNC[C@@H](CO)[C@]2(c3ccccc3)CCOC(C)(C)C2)cc1. The van der Waals surface area contributed by atoms with Gasteiger partial charge in [-0.05, 0) is 49.9 Å². The second-order valence-electron chi connectivity index (χ2n) is 8.42. The van der Waals surface area contributed by atoms with E-state index in [1.54, 1.807) is 7.11 Å². The lowest BCUT2D eigenvalue weighted by Gasteiger charge is -2.49. The lowest BCUT2D eigenvalue weighted by Crippen LogP contribution is -2.51. The van der Waals surface area contributed by atoms with Gasteiger partial charge in [-0.3, -0.25) is 0 Å². The molecule has 28 heavy (non-hydrogen) atoms. The molecule has 0 saturated carbocycles. The summed E-state index contributed by atoms with van der Waals surface area (Å²) >= 11 is 0. The standard InChI is InChI=1S/C24H33NO3/c1-23(2)18-24(13-14-28-23,20-7-5-4-6-8-20)21(17-26)16-25-15-19-9-11-22(27-3)12-10-19/h4-12,21,25-26H,13-18H2,1-3H3/t21-,24+/m0/s1. The van der Waals surface area contributed by atoms with E-state index in [2.05, 4.69) is 61.6 Å². The molecule has 1 heterocycles. The van der Waals surface area contributed by atoms with Gasteiger partial charge in [-0.15, -0.1) is 0 Å². The molecule has 0 amide bonds. The molecule has 0 radical (unpaired) electrons. The van der Waals surface area contributed by atoms with Crippen LogP contribution in [0.5, 0.6) is 5.75 Å². The maximum Gasteiger partial charge on any atom is 0.118 e. The molecule has 2 aromatic rings. The van der Waals surface area contributed by atoms with Gasteiger partial charge < -0.3 is 19.9 Å². The van der Waals surface area contributed by atoms with Crippen LogP contribution in [0.15, 0.2) is 54.6 Å². The molecule has 2 N–H and O–H groups in total. The average Bonchev–Trinajstić information content (AvgIpc) is 2.71. The lowest BCUT2D eigenvalue weighted by molar-refractivity contribution is -0.0991. The van der Waals surface area contributed by atoms with Crippen molar-refractivity contribution in [1.29, 1.82) is 0 Å². The van der Waals surface area contributed by atoms with Crippen LogP contribution >= 0.6 is 0 Å². The number of hydrogen-bond acceptors (Lipinski definition) is 4. The highest BCUT2D eigenvalue weighted by molar-refractivity contribution is 5.29. The van der Waals surface area contributed by atoms with Crippen LogP contribution in [0, 0.1) is 5.92 Å². The fraction of sp³-hybridized carbons (Fsp3) is 0.500. The fourth-order valence-corrected chi connectivity index (χ4v) is 4.58. The first kappa shape index (κ1) is 20.8. The zero-order chi connectivity index (χ0) is 20.0. The van der Waals surface area contributed by atoms with E-state index in [0.717, 1.165) is 38.3 Å². The summed E-state index contributed by atoms with van der Waals surface area (Å²) in [6.45, 7) is 6.71. The number of methoxy groups -OCH3 is 1. The molecule has 1 aliphatic rings. The Labute approximate surface area is 168 Å². The van der Waals surface area contributed by atoms with Crippen molar-refractivity contribution in [2.75, 3.05) is 26.9 Å². The maximum absolute atomic E-state index is 10.3. The van der Waals surface area contributed by atoms with Gasteiger partial charge in [-0.2, -0.15) is 0 Å². The van der Waals surface area contributed by atoms with Gasteiger partial charge in [0.05, 0.1) is 12.7 Å². The molecule has 4 heteroatoms. The number of aliphatic hydroxyl groups is 1. The molecule has 0 aliphatic carbocycles. The summed E-state index contributed by atoms with van der Waals surface area (Å²) in [7, 11) is 1.68. The Morgan fingerprint density at radius 1 is 1.11 bits per heavy atom. The van der Waals surface area contributed by atoms with Crippen LogP contribution in [0.3, 0.4) is 0 Å². The number of hydrogen-bond donors (Lipinski definition) is 2.